The van der Waals surface area contributed by atoms with Crippen LogP contribution in [0.3, 0.4) is 0 Å². The minimum absolute atomic E-state index is 0.0103. The van der Waals surface area contributed by atoms with Gasteiger partial charge in [0.1, 0.15) is 6.54 Å². The third-order valence-electron chi connectivity index (χ3n) is 5.69. The number of fused-ring (bicyclic) bond motifs is 3. The Balaban J connectivity index is 1.52. The Kier molecular flexibility index (Phi) is 5.99. The molecule has 4 rings (SSSR count). The fourth-order valence-corrected chi connectivity index (χ4v) is 5.55. The molecule has 166 valence electrons. The highest BCUT2D eigenvalue weighted by atomic mass is 32.2. The average molecular weight is 452 g/mol. The molecule has 0 bridgehead atoms. The van der Waals surface area contributed by atoms with Gasteiger partial charge >= 0.3 is 0 Å². The van der Waals surface area contributed by atoms with Crippen molar-refractivity contribution in [2.24, 2.45) is 0 Å². The molecule has 8 heteroatoms. The highest BCUT2D eigenvalue weighted by Crippen LogP contribution is 2.37. The number of nitrogens with zero attached hydrogens (tertiary/aromatic N) is 2. The summed E-state index contributed by atoms with van der Waals surface area (Å²) >= 11 is 0. The molecule has 0 saturated carbocycles. The summed E-state index contributed by atoms with van der Waals surface area (Å²) in [5, 5.41) is 2.82. The van der Waals surface area contributed by atoms with Gasteiger partial charge in [0.05, 0.1) is 4.90 Å². The Labute approximate surface area is 187 Å². The summed E-state index contributed by atoms with van der Waals surface area (Å²) in [6.07, 6.45) is 2.04. The van der Waals surface area contributed by atoms with Gasteiger partial charge in [-0.05, 0) is 46.9 Å². The molecule has 1 amide bonds. The molecule has 0 fully saturated rings. The van der Waals surface area contributed by atoms with E-state index in [0.717, 1.165) is 22.1 Å². The molecular weight excluding hydrogens is 426 g/mol. The van der Waals surface area contributed by atoms with Crippen LogP contribution in [0.5, 0.6) is 0 Å². The number of anilines is 1. The second kappa shape index (κ2) is 8.72. The van der Waals surface area contributed by atoms with Gasteiger partial charge in [-0.1, -0.05) is 44.2 Å². The van der Waals surface area contributed by atoms with Crippen LogP contribution < -0.4 is 10.9 Å². The van der Waals surface area contributed by atoms with Crippen molar-refractivity contribution in [3.63, 3.8) is 0 Å². The molecular formula is C24H25N3O4S. The molecule has 1 N–H and O–H groups in total. The Morgan fingerprint density at radius 2 is 1.72 bits per heavy atom. The molecule has 1 aliphatic carbocycles. The van der Waals surface area contributed by atoms with E-state index in [9.17, 15) is 18.0 Å². The van der Waals surface area contributed by atoms with Crippen molar-refractivity contribution < 1.29 is 13.2 Å². The van der Waals surface area contributed by atoms with Crippen LogP contribution in [0.1, 0.15) is 25.0 Å². The quantitative estimate of drug-likeness (QED) is 0.468. The van der Waals surface area contributed by atoms with E-state index in [1.165, 1.54) is 33.8 Å². The van der Waals surface area contributed by atoms with Crippen molar-refractivity contribution in [1.82, 2.24) is 8.87 Å². The largest absolute Gasteiger partial charge is 0.325 e. The number of aromatic nitrogens is 1. The van der Waals surface area contributed by atoms with Crippen LogP contribution in [0.15, 0.2) is 70.5 Å². The molecule has 1 aliphatic rings. The van der Waals surface area contributed by atoms with E-state index in [4.69, 9.17) is 0 Å². The summed E-state index contributed by atoms with van der Waals surface area (Å²) in [7, 11) is -3.73. The number of carbonyl (C=O) groups is 1. The molecule has 7 nitrogen and oxygen atoms in total. The number of carbonyl (C=O) groups excluding carboxylic acids is 1. The predicted molar refractivity (Wildman–Crippen MR) is 124 cm³/mol. The van der Waals surface area contributed by atoms with Crippen LogP contribution >= 0.6 is 0 Å². The normalized spacial score (nSPS) is 12.5. The van der Waals surface area contributed by atoms with Gasteiger partial charge in [0.15, 0.2) is 0 Å². The highest BCUT2D eigenvalue weighted by molar-refractivity contribution is 7.89. The smallest absolute Gasteiger partial charge is 0.251 e. The molecule has 0 aliphatic heterocycles. The van der Waals surface area contributed by atoms with E-state index in [1.54, 1.807) is 13.8 Å². The molecule has 3 aromatic rings. The Morgan fingerprint density at radius 3 is 2.47 bits per heavy atom. The maximum atomic E-state index is 12.7. The van der Waals surface area contributed by atoms with Gasteiger partial charge in [0.2, 0.25) is 15.9 Å². The first kappa shape index (κ1) is 22.0. The first-order chi connectivity index (χ1) is 15.3. The van der Waals surface area contributed by atoms with E-state index < -0.39 is 21.5 Å². The number of rotatable bonds is 7. The van der Waals surface area contributed by atoms with Gasteiger partial charge in [-0.15, -0.1) is 0 Å². The highest BCUT2D eigenvalue weighted by Gasteiger charge is 2.23. The Hall–Kier alpha value is -3.23. The monoisotopic (exact) mass is 451 g/mol. The van der Waals surface area contributed by atoms with Crippen LogP contribution in [0, 0.1) is 0 Å². The molecule has 0 spiro atoms. The molecule has 0 unspecified atom stereocenters. The molecule has 1 heterocycles. The number of nitrogens with one attached hydrogen (secondary N) is 1. The molecule has 1 aromatic heterocycles. The van der Waals surface area contributed by atoms with E-state index in [-0.39, 0.29) is 11.4 Å². The van der Waals surface area contributed by atoms with Gasteiger partial charge in [0.25, 0.3) is 5.56 Å². The van der Waals surface area contributed by atoms with Crippen LogP contribution in [0.2, 0.25) is 0 Å². The third kappa shape index (κ3) is 4.11. The van der Waals surface area contributed by atoms with Crippen molar-refractivity contribution in [1.29, 1.82) is 0 Å². The zero-order chi connectivity index (χ0) is 22.9. The number of sulfonamides is 1. The fourth-order valence-electron chi connectivity index (χ4n) is 4.08. The molecule has 0 radical (unpaired) electrons. The van der Waals surface area contributed by atoms with E-state index in [0.29, 0.717) is 18.8 Å². The standard InChI is InChI=1S/C24H25N3O4S/c1-3-27(4-2)32(30,31)20-10-12-24(29)26(15-20)16-23(28)25-19-9-11-22-18(14-19)13-17-7-5-6-8-21(17)22/h5-12,14-15H,3-4,13,16H2,1-2H3,(H,25,28). The second-order valence-corrected chi connectivity index (χ2v) is 9.61. The minimum atomic E-state index is -3.73. The summed E-state index contributed by atoms with van der Waals surface area (Å²) in [4.78, 5) is 24.9. The first-order valence-corrected chi connectivity index (χ1v) is 12.0. The fraction of sp³-hybridized carbons (Fsp3) is 0.250. The number of pyridine rings is 1. The Bertz CT molecular complexity index is 1340. The third-order valence-corrected chi connectivity index (χ3v) is 7.72. The van der Waals surface area contributed by atoms with Gasteiger partial charge < -0.3 is 9.88 Å². The van der Waals surface area contributed by atoms with Crippen LogP contribution in [-0.2, 0) is 27.8 Å². The van der Waals surface area contributed by atoms with Gasteiger partial charge in [-0.3, -0.25) is 9.59 Å². The maximum Gasteiger partial charge on any atom is 0.251 e. The van der Waals surface area contributed by atoms with E-state index in [1.807, 2.05) is 30.3 Å². The number of hydrogen-bond acceptors (Lipinski definition) is 4. The van der Waals surface area contributed by atoms with Crippen molar-refractivity contribution in [3.8, 4) is 11.1 Å². The molecule has 0 saturated heterocycles. The van der Waals surface area contributed by atoms with E-state index in [2.05, 4.69) is 17.4 Å². The lowest BCUT2D eigenvalue weighted by Crippen LogP contribution is -2.33. The Morgan fingerprint density at radius 1 is 1.00 bits per heavy atom. The van der Waals surface area contributed by atoms with Crippen molar-refractivity contribution in [2.45, 2.75) is 31.7 Å². The first-order valence-electron chi connectivity index (χ1n) is 10.5. The SMILES string of the molecule is CCN(CC)S(=O)(=O)c1ccc(=O)n(CC(=O)Nc2ccc3c(c2)Cc2ccccc2-3)c1. The van der Waals surface area contributed by atoms with Crippen molar-refractivity contribution in [2.75, 3.05) is 18.4 Å². The maximum absolute atomic E-state index is 12.7. The topological polar surface area (TPSA) is 88.5 Å². The zero-order valence-corrected chi connectivity index (χ0v) is 18.9. The summed E-state index contributed by atoms with van der Waals surface area (Å²) in [5.41, 5.74) is 4.95. The number of hydrogen-bond donors (Lipinski definition) is 1. The summed E-state index contributed by atoms with van der Waals surface area (Å²) in [5.74, 6) is -0.403. The lowest BCUT2D eigenvalue weighted by Gasteiger charge is -2.19. The summed E-state index contributed by atoms with van der Waals surface area (Å²) in [6.45, 7) is 3.86. The van der Waals surface area contributed by atoms with Crippen LogP contribution in [0.4, 0.5) is 5.69 Å². The zero-order valence-electron chi connectivity index (χ0n) is 18.0. The minimum Gasteiger partial charge on any atom is -0.325 e. The van der Waals surface area contributed by atoms with Crippen LogP contribution in [0.25, 0.3) is 11.1 Å². The van der Waals surface area contributed by atoms with Gasteiger partial charge in [-0.25, -0.2) is 8.42 Å². The van der Waals surface area contributed by atoms with E-state index >= 15 is 0 Å². The molecule has 2 aromatic carbocycles. The van der Waals surface area contributed by atoms with Gasteiger partial charge in [-0.2, -0.15) is 4.31 Å². The summed E-state index contributed by atoms with van der Waals surface area (Å²) < 4.78 is 27.9. The van der Waals surface area contributed by atoms with Crippen LogP contribution in [-0.4, -0.2) is 36.3 Å². The number of benzene rings is 2. The lowest BCUT2D eigenvalue weighted by molar-refractivity contribution is -0.116. The number of amides is 1. The predicted octanol–water partition coefficient (Wildman–Crippen LogP) is 3.09. The lowest BCUT2D eigenvalue weighted by atomic mass is 10.1. The summed E-state index contributed by atoms with van der Waals surface area (Å²) in [6, 6.07) is 16.4. The van der Waals surface area contributed by atoms with Gasteiger partial charge in [0, 0.05) is 31.0 Å². The second-order valence-electron chi connectivity index (χ2n) is 7.67. The molecule has 0 atom stereocenters. The van der Waals surface area contributed by atoms with Crippen molar-refractivity contribution >= 4 is 21.6 Å². The van der Waals surface area contributed by atoms with Crippen molar-refractivity contribution in [3.05, 3.63) is 82.3 Å². The molecule has 32 heavy (non-hydrogen) atoms. The average Bonchev–Trinajstić information content (AvgIpc) is 3.13.